The number of aromatic nitrogens is 1. The first-order valence-corrected chi connectivity index (χ1v) is 7.58. The Kier molecular flexibility index (Phi) is 4.88. The van der Waals surface area contributed by atoms with Gasteiger partial charge in [0.2, 0.25) is 0 Å². The molecule has 106 valence electrons. The monoisotopic (exact) mass is 400 g/mol. The fraction of sp³-hybridized carbons (Fsp3) is 0.214. The summed E-state index contributed by atoms with van der Waals surface area (Å²) >= 11 is 6.75. The van der Waals surface area contributed by atoms with E-state index in [1.165, 1.54) is 0 Å². The fourth-order valence-corrected chi connectivity index (χ4v) is 2.90. The number of halogens is 2. The molecule has 4 nitrogen and oxygen atoms in total. The van der Waals surface area contributed by atoms with Crippen molar-refractivity contribution in [1.82, 2.24) is 4.68 Å². The van der Waals surface area contributed by atoms with E-state index in [1.807, 2.05) is 38.1 Å². The molecule has 6 heteroatoms. The van der Waals surface area contributed by atoms with E-state index in [-0.39, 0.29) is 12.5 Å². The van der Waals surface area contributed by atoms with Gasteiger partial charge >= 0.3 is 0 Å². The van der Waals surface area contributed by atoms with Crippen molar-refractivity contribution in [1.29, 1.82) is 0 Å². The van der Waals surface area contributed by atoms with Crippen molar-refractivity contribution in [3.05, 3.63) is 50.7 Å². The van der Waals surface area contributed by atoms with Crippen molar-refractivity contribution in [3.8, 4) is 5.75 Å². The first-order valence-electron chi connectivity index (χ1n) is 6.00. The molecular weight excluding hydrogens is 388 g/mol. The van der Waals surface area contributed by atoms with Crippen LogP contribution < -0.4 is 10.2 Å². The molecule has 0 atom stereocenters. The zero-order valence-corrected chi connectivity index (χ0v) is 14.3. The Balaban J connectivity index is 1.96. The van der Waals surface area contributed by atoms with Gasteiger partial charge in [-0.15, -0.1) is 0 Å². The molecule has 0 bridgehead atoms. The van der Waals surface area contributed by atoms with Crippen LogP contribution in [0.3, 0.4) is 0 Å². The van der Waals surface area contributed by atoms with Crippen LogP contribution in [-0.4, -0.2) is 17.2 Å². The van der Waals surface area contributed by atoms with Crippen molar-refractivity contribution in [3.63, 3.8) is 0 Å². The summed E-state index contributed by atoms with van der Waals surface area (Å²) in [7, 11) is 0. The van der Waals surface area contributed by atoms with Crippen molar-refractivity contribution in [2.75, 3.05) is 12.0 Å². The molecule has 1 aromatic heterocycles. The average Bonchev–Trinajstić information content (AvgIpc) is 2.69. The minimum atomic E-state index is -0.206. The fourth-order valence-electron chi connectivity index (χ4n) is 1.74. The standard InChI is InChI=1S/C14H14Br2N2O2/c1-9-3-4-10(2)18(9)17-14(19)8-20-13-6-5-11(15)7-12(13)16/h3-7H,8H2,1-2H3,(H,17,19). The third-order valence-corrected chi connectivity index (χ3v) is 3.87. The van der Waals surface area contributed by atoms with Crippen LogP contribution in [0.25, 0.3) is 0 Å². The van der Waals surface area contributed by atoms with E-state index < -0.39 is 0 Å². The normalized spacial score (nSPS) is 10.4. The lowest BCUT2D eigenvalue weighted by atomic mass is 10.3. The van der Waals surface area contributed by atoms with Gasteiger partial charge in [0.1, 0.15) is 5.75 Å². The molecule has 0 spiro atoms. The summed E-state index contributed by atoms with van der Waals surface area (Å²) in [6, 6.07) is 9.42. The van der Waals surface area contributed by atoms with Gasteiger partial charge in [0.25, 0.3) is 5.91 Å². The minimum Gasteiger partial charge on any atom is -0.483 e. The summed E-state index contributed by atoms with van der Waals surface area (Å²) in [6.45, 7) is 3.82. The molecule has 1 aromatic carbocycles. The molecule has 1 heterocycles. The molecule has 2 rings (SSSR count). The maximum Gasteiger partial charge on any atom is 0.276 e. The van der Waals surface area contributed by atoms with Gasteiger partial charge in [-0.1, -0.05) is 15.9 Å². The number of hydrogen-bond acceptors (Lipinski definition) is 2. The summed E-state index contributed by atoms with van der Waals surface area (Å²) < 4.78 is 8.97. The molecule has 1 N–H and O–H groups in total. The summed E-state index contributed by atoms with van der Waals surface area (Å²) in [6.07, 6.45) is 0. The molecule has 0 saturated carbocycles. The smallest absolute Gasteiger partial charge is 0.276 e. The number of amides is 1. The Bertz CT molecular complexity index is 619. The van der Waals surface area contributed by atoms with Crippen LogP contribution in [0.2, 0.25) is 0 Å². The van der Waals surface area contributed by atoms with E-state index in [2.05, 4.69) is 37.3 Å². The Morgan fingerprint density at radius 3 is 2.45 bits per heavy atom. The van der Waals surface area contributed by atoms with Crippen molar-refractivity contribution in [2.45, 2.75) is 13.8 Å². The first-order chi connectivity index (χ1) is 9.47. The average molecular weight is 402 g/mol. The zero-order valence-electron chi connectivity index (χ0n) is 11.1. The second-order valence-electron chi connectivity index (χ2n) is 4.35. The van der Waals surface area contributed by atoms with Gasteiger partial charge in [-0.05, 0) is 60.1 Å². The summed E-state index contributed by atoms with van der Waals surface area (Å²) in [4.78, 5) is 11.9. The highest BCUT2D eigenvalue weighted by molar-refractivity contribution is 9.11. The van der Waals surface area contributed by atoms with Crippen LogP contribution in [0, 0.1) is 13.8 Å². The van der Waals surface area contributed by atoms with Gasteiger partial charge in [-0.25, -0.2) is 0 Å². The Hall–Kier alpha value is -1.27. The van der Waals surface area contributed by atoms with Crippen LogP contribution in [0.1, 0.15) is 11.4 Å². The lowest BCUT2D eigenvalue weighted by Crippen LogP contribution is -2.29. The highest BCUT2D eigenvalue weighted by atomic mass is 79.9. The maximum atomic E-state index is 11.9. The van der Waals surface area contributed by atoms with Crippen LogP contribution >= 0.6 is 31.9 Å². The SMILES string of the molecule is Cc1ccc(C)n1NC(=O)COc1ccc(Br)cc1Br. The van der Waals surface area contributed by atoms with Crippen molar-refractivity contribution >= 4 is 37.8 Å². The van der Waals surface area contributed by atoms with Gasteiger partial charge in [0.15, 0.2) is 6.61 Å². The maximum absolute atomic E-state index is 11.9. The molecule has 0 aliphatic heterocycles. The van der Waals surface area contributed by atoms with E-state index in [4.69, 9.17) is 4.74 Å². The predicted molar refractivity (Wildman–Crippen MR) is 85.6 cm³/mol. The lowest BCUT2D eigenvalue weighted by Gasteiger charge is -2.12. The number of hydrogen-bond donors (Lipinski definition) is 1. The van der Waals surface area contributed by atoms with Crippen molar-refractivity contribution in [2.24, 2.45) is 0 Å². The topological polar surface area (TPSA) is 43.3 Å². The number of carbonyl (C=O) groups excluding carboxylic acids is 1. The highest BCUT2D eigenvalue weighted by Gasteiger charge is 2.08. The number of rotatable bonds is 4. The van der Waals surface area contributed by atoms with E-state index >= 15 is 0 Å². The third kappa shape index (κ3) is 3.64. The van der Waals surface area contributed by atoms with Crippen LogP contribution in [0.15, 0.2) is 39.3 Å². The molecule has 0 aliphatic carbocycles. The molecule has 0 radical (unpaired) electrons. The third-order valence-electron chi connectivity index (χ3n) is 2.76. The first kappa shape index (κ1) is 15.1. The Labute approximate surface area is 134 Å². The number of aryl methyl sites for hydroxylation is 2. The largest absolute Gasteiger partial charge is 0.483 e. The van der Waals surface area contributed by atoms with Gasteiger partial charge in [0, 0.05) is 15.9 Å². The van der Waals surface area contributed by atoms with E-state index in [9.17, 15) is 4.79 Å². The molecule has 20 heavy (non-hydrogen) atoms. The van der Waals surface area contributed by atoms with Crippen LogP contribution in [0.4, 0.5) is 0 Å². The van der Waals surface area contributed by atoms with E-state index in [0.717, 1.165) is 20.3 Å². The zero-order chi connectivity index (χ0) is 14.7. The predicted octanol–water partition coefficient (Wildman–Crippen LogP) is 3.78. The molecule has 0 saturated heterocycles. The van der Waals surface area contributed by atoms with Crippen LogP contribution in [0.5, 0.6) is 5.75 Å². The Morgan fingerprint density at radius 2 is 1.85 bits per heavy atom. The molecular formula is C14H14Br2N2O2. The van der Waals surface area contributed by atoms with Gasteiger partial charge in [-0.3, -0.25) is 14.9 Å². The van der Waals surface area contributed by atoms with Crippen molar-refractivity contribution < 1.29 is 9.53 Å². The minimum absolute atomic E-state index is 0.0444. The van der Waals surface area contributed by atoms with Crippen LogP contribution in [-0.2, 0) is 4.79 Å². The summed E-state index contributed by atoms with van der Waals surface area (Å²) in [5.41, 5.74) is 4.73. The molecule has 2 aromatic rings. The number of benzene rings is 1. The second kappa shape index (κ2) is 6.45. The molecule has 0 fully saturated rings. The molecule has 1 amide bonds. The second-order valence-corrected chi connectivity index (χ2v) is 6.12. The number of nitrogens with zero attached hydrogens (tertiary/aromatic N) is 1. The van der Waals surface area contributed by atoms with Gasteiger partial charge < -0.3 is 4.74 Å². The molecule has 0 aliphatic rings. The number of ether oxygens (including phenoxy) is 1. The highest BCUT2D eigenvalue weighted by Crippen LogP contribution is 2.28. The lowest BCUT2D eigenvalue weighted by molar-refractivity contribution is -0.119. The number of carbonyl (C=O) groups is 1. The Morgan fingerprint density at radius 1 is 1.20 bits per heavy atom. The summed E-state index contributed by atoms with van der Waals surface area (Å²) in [5.74, 6) is 0.423. The van der Waals surface area contributed by atoms with E-state index in [1.54, 1.807) is 10.7 Å². The molecule has 0 unspecified atom stereocenters. The number of nitrogens with one attached hydrogen (secondary N) is 1. The van der Waals surface area contributed by atoms with Gasteiger partial charge in [-0.2, -0.15) is 0 Å². The quantitative estimate of drug-likeness (QED) is 0.847. The van der Waals surface area contributed by atoms with Gasteiger partial charge in [0.05, 0.1) is 4.47 Å². The summed E-state index contributed by atoms with van der Waals surface area (Å²) in [5, 5.41) is 0. The van der Waals surface area contributed by atoms with E-state index in [0.29, 0.717) is 5.75 Å².